The maximum atomic E-state index is 12.2. The van der Waals surface area contributed by atoms with Crippen LogP contribution in [-0.2, 0) is 11.3 Å². The van der Waals surface area contributed by atoms with Gasteiger partial charge >= 0.3 is 0 Å². The lowest BCUT2D eigenvalue weighted by atomic mass is 10.0. The van der Waals surface area contributed by atoms with Crippen molar-refractivity contribution in [2.24, 2.45) is 5.73 Å². The molecule has 2 aromatic rings. The highest BCUT2D eigenvalue weighted by Gasteiger charge is 2.15. The normalized spacial score (nSPS) is 10.2. The molecule has 2 aromatic carbocycles. The van der Waals surface area contributed by atoms with E-state index in [1.54, 1.807) is 12.0 Å². The molecule has 24 heavy (non-hydrogen) atoms. The van der Waals surface area contributed by atoms with E-state index in [1.165, 1.54) is 5.56 Å². The fourth-order valence-corrected chi connectivity index (χ4v) is 2.39. The van der Waals surface area contributed by atoms with Crippen LogP contribution >= 0.6 is 12.4 Å². The van der Waals surface area contributed by atoms with Gasteiger partial charge in [0.25, 0.3) is 0 Å². The van der Waals surface area contributed by atoms with Gasteiger partial charge in [-0.3, -0.25) is 4.79 Å². The van der Waals surface area contributed by atoms with E-state index in [1.807, 2.05) is 24.3 Å². The number of carbonyl (C=O) groups excluding carboxylic acids is 1. The maximum absolute atomic E-state index is 12.2. The van der Waals surface area contributed by atoms with E-state index >= 15 is 0 Å². The molecule has 0 heterocycles. The minimum absolute atomic E-state index is 0. The average Bonchev–Trinajstić information content (AvgIpc) is 2.59. The largest absolute Gasteiger partial charge is 0.497 e. The van der Waals surface area contributed by atoms with Crippen molar-refractivity contribution in [3.63, 3.8) is 0 Å². The maximum Gasteiger partial charge on any atom is 0.241 e. The third-order valence-electron chi connectivity index (χ3n) is 3.85. The summed E-state index contributed by atoms with van der Waals surface area (Å²) in [5.74, 6) is 1.14. The van der Waals surface area contributed by atoms with Gasteiger partial charge in [-0.2, -0.15) is 0 Å². The second-order valence-electron chi connectivity index (χ2n) is 5.78. The molecule has 2 rings (SSSR count). The average molecular weight is 349 g/mol. The Hall–Kier alpha value is -2.04. The van der Waals surface area contributed by atoms with Crippen LogP contribution in [0.4, 0.5) is 5.69 Å². The first kappa shape index (κ1) is 20.0. The molecule has 0 aromatic heterocycles. The second kappa shape index (κ2) is 9.30. The summed E-state index contributed by atoms with van der Waals surface area (Å²) in [5, 5.41) is 0. The summed E-state index contributed by atoms with van der Waals surface area (Å²) in [6.07, 6.45) is 0. The van der Waals surface area contributed by atoms with Gasteiger partial charge in [-0.15, -0.1) is 12.4 Å². The van der Waals surface area contributed by atoms with Crippen molar-refractivity contribution in [3.8, 4) is 5.75 Å². The van der Waals surface area contributed by atoms with Crippen LogP contribution in [0.3, 0.4) is 0 Å². The Kier molecular flexibility index (Phi) is 7.75. The topological polar surface area (TPSA) is 55.6 Å². The third kappa shape index (κ3) is 4.98. The summed E-state index contributed by atoms with van der Waals surface area (Å²) in [7, 11) is 1.62. The van der Waals surface area contributed by atoms with Crippen LogP contribution in [0.25, 0.3) is 0 Å². The number of benzene rings is 2. The zero-order valence-corrected chi connectivity index (χ0v) is 15.2. The molecule has 0 saturated carbocycles. The molecular formula is C19H25ClN2O2. The van der Waals surface area contributed by atoms with Crippen molar-refractivity contribution in [3.05, 3.63) is 59.7 Å². The molecule has 0 atom stereocenters. The number of nitrogens with two attached hydrogens (primary N) is 1. The number of rotatable bonds is 6. The molecule has 0 spiro atoms. The van der Waals surface area contributed by atoms with Gasteiger partial charge in [-0.05, 0) is 41.3 Å². The predicted molar refractivity (Wildman–Crippen MR) is 101 cm³/mol. The summed E-state index contributed by atoms with van der Waals surface area (Å²) in [6.45, 7) is 4.81. The number of methoxy groups -OCH3 is 1. The van der Waals surface area contributed by atoms with Crippen LogP contribution in [0.1, 0.15) is 30.9 Å². The highest BCUT2D eigenvalue weighted by molar-refractivity contribution is 5.94. The molecule has 0 unspecified atom stereocenters. The van der Waals surface area contributed by atoms with Gasteiger partial charge in [-0.1, -0.05) is 38.1 Å². The Morgan fingerprint density at radius 2 is 1.67 bits per heavy atom. The van der Waals surface area contributed by atoms with E-state index in [2.05, 4.69) is 38.1 Å². The predicted octanol–water partition coefficient (Wildman–Crippen LogP) is 3.73. The monoisotopic (exact) mass is 348 g/mol. The van der Waals surface area contributed by atoms with Crippen LogP contribution in [-0.4, -0.2) is 19.6 Å². The third-order valence-corrected chi connectivity index (χ3v) is 3.85. The summed E-state index contributed by atoms with van der Waals surface area (Å²) in [6, 6.07) is 15.8. The molecule has 0 radical (unpaired) electrons. The zero-order valence-electron chi connectivity index (χ0n) is 14.4. The van der Waals surface area contributed by atoms with Gasteiger partial charge in [0.2, 0.25) is 5.91 Å². The van der Waals surface area contributed by atoms with Gasteiger partial charge in [0.05, 0.1) is 20.2 Å². The van der Waals surface area contributed by atoms with Crippen molar-refractivity contribution in [1.29, 1.82) is 0 Å². The number of hydrogen-bond acceptors (Lipinski definition) is 3. The van der Waals surface area contributed by atoms with Gasteiger partial charge in [0.1, 0.15) is 5.75 Å². The van der Waals surface area contributed by atoms with Crippen LogP contribution in [0.2, 0.25) is 0 Å². The summed E-state index contributed by atoms with van der Waals surface area (Å²) in [5.41, 5.74) is 8.74. The standard InChI is InChI=1S/C19H24N2O2.ClH/c1-14(2)16-6-4-15(5-7-16)13-21(19(22)12-20)17-8-10-18(23-3)11-9-17;/h4-11,14H,12-13,20H2,1-3H3;1H. The summed E-state index contributed by atoms with van der Waals surface area (Å²) >= 11 is 0. The molecule has 1 amide bonds. The minimum Gasteiger partial charge on any atom is -0.497 e. The number of anilines is 1. The quantitative estimate of drug-likeness (QED) is 0.865. The number of carbonyl (C=O) groups is 1. The van der Waals surface area contributed by atoms with E-state index in [9.17, 15) is 4.79 Å². The van der Waals surface area contributed by atoms with Gasteiger partial charge in [0.15, 0.2) is 0 Å². The van der Waals surface area contributed by atoms with Crippen molar-refractivity contribution < 1.29 is 9.53 Å². The number of hydrogen-bond donors (Lipinski definition) is 1. The van der Waals surface area contributed by atoms with Crippen LogP contribution in [0.15, 0.2) is 48.5 Å². The molecule has 0 aliphatic heterocycles. The molecule has 130 valence electrons. The fourth-order valence-electron chi connectivity index (χ4n) is 2.39. The first-order valence-corrected chi connectivity index (χ1v) is 7.78. The first-order valence-electron chi connectivity index (χ1n) is 7.78. The Bertz CT molecular complexity index is 639. The van der Waals surface area contributed by atoms with Gasteiger partial charge < -0.3 is 15.4 Å². The second-order valence-corrected chi connectivity index (χ2v) is 5.78. The van der Waals surface area contributed by atoms with Gasteiger partial charge in [0, 0.05) is 5.69 Å². The Labute approximate surface area is 150 Å². The lowest BCUT2D eigenvalue weighted by Crippen LogP contribution is -2.35. The molecule has 5 heteroatoms. The number of ether oxygens (including phenoxy) is 1. The number of nitrogens with zero attached hydrogens (tertiary/aromatic N) is 1. The number of amides is 1. The van der Waals surface area contributed by atoms with E-state index in [4.69, 9.17) is 10.5 Å². The fraction of sp³-hybridized carbons (Fsp3) is 0.316. The van der Waals surface area contributed by atoms with Crippen molar-refractivity contribution in [2.45, 2.75) is 26.3 Å². The molecule has 2 N–H and O–H groups in total. The highest BCUT2D eigenvalue weighted by atomic mass is 35.5. The van der Waals surface area contributed by atoms with Crippen LogP contribution in [0.5, 0.6) is 5.75 Å². The highest BCUT2D eigenvalue weighted by Crippen LogP contribution is 2.22. The minimum atomic E-state index is -0.108. The van der Waals surface area contributed by atoms with E-state index in [-0.39, 0.29) is 24.9 Å². The Morgan fingerprint density at radius 3 is 2.12 bits per heavy atom. The summed E-state index contributed by atoms with van der Waals surface area (Å²) < 4.78 is 5.16. The van der Waals surface area contributed by atoms with Crippen LogP contribution in [0, 0.1) is 0 Å². The molecule has 0 bridgehead atoms. The van der Waals surface area contributed by atoms with E-state index < -0.39 is 0 Å². The Balaban J connectivity index is 0.00000288. The molecule has 4 nitrogen and oxygen atoms in total. The van der Waals surface area contributed by atoms with Gasteiger partial charge in [-0.25, -0.2) is 0 Å². The number of halogens is 1. The summed E-state index contributed by atoms with van der Waals surface area (Å²) in [4.78, 5) is 13.9. The molecule has 0 saturated heterocycles. The van der Waals surface area contributed by atoms with Crippen molar-refractivity contribution in [2.75, 3.05) is 18.6 Å². The van der Waals surface area contributed by atoms with Crippen LogP contribution < -0.4 is 15.4 Å². The van der Waals surface area contributed by atoms with E-state index in [0.717, 1.165) is 17.0 Å². The van der Waals surface area contributed by atoms with Crippen molar-refractivity contribution >= 4 is 24.0 Å². The lowest BCUT2D eigenvalue weighted by Gasteiger charge is -2.23. The molecule has 0 aliphatic rings. The molecular weight excluding hydrogens is 324 g/mol. The van der Waals surface area contributed by atoms with E-state index in [0.29, 0.717) is 12.5 Å². The molecule has 0 fully saturated rings. The zero-order chi connectivity index (χ0) is 16.8. The first-order chi connectivity index (χ1) is 11.0. The Morgan fingerprint density at radius 1 is 1.08 bits per heavy atom. The van der Waals surface area contributed by atoms with Crippen molar-refractivity contribution in [1.82, 2.24) is 0 Å². The molecule has 0 aliphatic carbocycles. The SMILES string of the molecule is COc1ccc(N(Cc2ccc(C(C)C)cc2)C(=O)CN)cc1.Cl. The lowest BCUT2D eigenvalue weighted by molar-refractivity contribution is -0.117. The smallest absolute Gasteiger partial charge is 0.241 e.